The van der Waals surface area contributed by atoms with Crippen molar-refractivity contribution in [1.29, 1.82) is 0 Å². The molecule has 1 unspecified atom stereocenters. The van der Waals surface area contributed by atoms with Crippen molar-refractivity contribution in [1.82, 2.24) is 19.5 Å². The largest absolute Gasteiger partial charge is 0.393 e. The minimum Gasteiger partial charge on any atom is -0.393 e. The van der Waals surface area contributed by atoms with Crippen molar-refractivity contribution in [3.05, 3.63) is 11.5 Å². The van der Waals surface area contributed by atoms with Crippen molar-refractivity contribution in [3.8, 4) is 0 Å². The third-order valence-electron chi connectivity index (χ3n) is 3.17. The summed E-state index contributed by atoms with van der Waals surface area (Å²) in [5.74, 6) is 0.141. The number of fused-ring (bicyclic) bond motifs is 1. The number of rotatable bonds is 1. The number of hydrogen-bond donors (Lipinski definition) is 2. The van der Waals surface area contributed by atoms with Crippen molar-refractivity contribution < 1.29 is 5.11 Å². The Balaban J connectivity index is 2.11. The lowest BCUT2D eigenvalue weighted by molar-refractivity contribution is 0.178. The van der Waals surface area contributed by atoms with Crippen molar-refractivity contribution in [3.63, 3.8) is 0 Å². The normalized spacial score (nSPS) is 24.6. The van der Waals surface area contributed by atoms with Gasteiger partial charge in [0.1, 0.15) is 5.52 Å². The van der Waals surface area contributed by atoms with Gasteiger partial charge in [-0.25, -0.2) is 4.98 Å². The van der Waals surface area contributed by atoms with Crippen LogP contribution in [0.4, 0.5) is 5.95 Å². The van der Waals surface area contributed by atoms with Gasteiger partial charge >= 0.3 is 0 Å². The predicted octanol–water partition coefficient (Wildman–Crippen LogP) is 1.15. The maximum atomic E-state index is 9.56. The Morgan fingerprint density at radius 1 is 1.41 bits per heavy atom. The minimum absolute atomic E-state index is 0.141. The van der Waals surface area contributed by atoms with Crippen LogP contribution >= 0.6 is 11.6 Å². The van der Waals surface area contributed by atoms with E-state index in [1.54, 1.807) is 6.33 Å². The van der Waals surface area contributed by atoms with Crippen LogP contribution in [0.15, 0.2) is 6.33 Å². The Kier molecular flexibility index (Phi) is 2.41. The average molecular weight is 254 g/mol. The Bertz CT molecular complexity index is 569. The van der Waals surface area contributed by atoms with Crippen LogP contribution in [0.2, 0.25) is 5.15 Å². The second-order valence-corrected chi connectivity index (χ2v) is 4.68. The van der Waals surface area contributed by atoms with E-state index in [0.717, 1.165) is 12.8 Å². The van der Waals surface area contributed by atoms with Gasteiger partial charge in [0, 0.05) is 6.04 Å². The first-order chi connectivity index (χ1) is 8.15. The minimum atomic E-state index is -0.243. The van der Waals surface area contributed by atoms with E-state index in [0.29, 0.717) is 17.6 Å². The van der Waals surface area contributed by atoms with E-state index in [1.165, 1.54) is 0 Å². The molecule has 3 rings (SSSR count). The van der Waals surface area contributed by atoms with Gasteiger partial charge in [-0.05, 0) is 19.3 Å². The molecule has 1 saturated carbocycles. The lowest BCUT2D eigenvalue weighted by Crippen LogP contribution is -2.07. The molecule has 2 aromatic rings. The van der Waals surface area contributed by atoms with Crippen molar-refractivity contribution >= 4 is 28.7 Å². The number of anilines is 1. The second kappa shape index (κ2) is 3.82. The molecule has 2 atom stereocenters. The summed E-state index contributed by atoms with van der Waals surface area (Å²) in [5.41, 5.74) is 6.78. The molecule has 1 fully saturated rings. The molecule has 2 aromatic heterocycles. The monoisotopic (exact) mass is 253 g/mol. The maximum absolute atomic E-state index is 9.56. The zero-order valence-electron chi connectivity index (χ0n) is 9.04. The van der Waals surface area contributed by atoms with Gasteiger partial charge in [0.15, 0.2) is 10.8 Å². The Morgan fingerprint density at radius 2 is 2.24 bits per heavy atom. The van der Waals surface area contributed by atoms with Crippen LogP contribution in [0, 0.1) is 0 Å². The first kappa shape index (κ1) is 10.7. The Morgan fingerprint density at radius 3 is 2.94 bits per heavy atom. The first-order valence-corrected chi connectivity index (χ1v) is 5.86. The Labute approximate surface area is 102 Å². The second-order valence-electron chi connectivity index (χ2n) is 4.32. The molecule has 90 valence electrons. The average Bonchev–Trinajstić information content (AvgIpc) is 2.83. The number of halogens is 1. The van der Waals surface area contributed by atoms with Crippen LogP contribution in [-0.4, -0.2) is 30.7 Å². The van der Waals surface area contributed by atoms with E-state index in [4.69, 9.17) is 17.3 Å². The summed E-state index contributed by atoms with van der Waals surface area (Å²) in [7, 11) is 0. The van der Waals surface area contributed by atoms with Crippen LogP contribution in [0.5, 0.6) is 0 Å². The highest BCUT2D eigenvalue weighted by molar-refractivity contribution is 6.33. The fraction of sp³-hybridized carbons (Fsp3) is 0.500. The molecule has 0 spiro atoms. The molecule has 0 saturated heterocycles. The lowest BCUT2D eigenvalue weighted by atomic mass is 10.2. The molecule has 0 amide bonds. The van der Waals surface area contributed by atoms with Crippen LogP contribution in [0.3, 0.4) is 0 Å². The summed E-state index contributed by atoms with van der Waals surface area (Å²) in [5, 5.41) is 9.83. The predicted molar refractivity (Wildman–Crippen MR) is 63.6 cm³/mol. The quantitative estimate of drug-likeness (QED) is 0.744. The van der Waals surface area contributed by atoms with E-state index >= 15 is 0 Å². The molecular formula is C10H12ClN5O. The van der Waals surface area contributed by atoms with Crippen LogP contribution in [0.25, 0.3) is 11.2 Å². The summed E-state index contributed by atoms with van der Waals surface area (Å²) in [4.78, 5) is 12.2. The highest BCUT2D eigenvalue weighted by Crippen LogP contribution is 2.32. The van der Waals surface area contributed by atoms with Gasteiger partial charge in [-0.1, -0.05) is 11.6 Å². The third-order valence-corrected chi connectivity index (χ3v) is 3.43. The standard InChI is InChI=1S/C10H12ClN5O/c11-8-7-9(15-10(12)14-8)16(4-13-7)5-1-2-6(17)3-5/h4-6,17H,1-3H2,(H2,12,14,15)/t5-,6?/m0/s1. The molecule has 17 heavy (non-hydrogen) atoms. The molecule has 0 bridgehead atoms. The summed E-state index contributed by atoms with van der Waals surface area (Å²) in [6.45, 7) is 0. The number of imidazole rings is 1. The highest BCUT2D eigenvalue weighted by atomic mass is 35.5. The maximum Gasteiger partial charge on any atom is 0.223 e. The fourth-order valence-corrected chi connectivity index (χ4v) is 2.57. The van der Waals surface area contributed by atoms with Gasteiger partial charge < -0.3 is 15.4 Å². The zero-order valence-corrected chi connectivity index (χ0v) is 9.80. The molecule has 1 aliphatic carbocycles. The number of aliphatic hydroxyl groups is 1. The van der Waals surface area contributed by atoms with Crippen molar-refractivity contribution in [2.45, 2.75) is 31.4 Å². The van der Waals surface area contributed by atoms with Gasteiger partial charge in [-0.2, -0.15) is 9.97 Å². The number of nitrogens with two attached hydrogens (primary N) is 1. The molecule has 1 aliphatic rings. The van der Waals surface area contributed by atoms with E-state index in [9.17, 15) is 5.11 Å². The summed E-state index contributed by atoms with van der Waals surface area (Å²) >= 11 is 5.95. The zero-order chi connectivity index (χ0) is 12.0. The summed E-state index contributed by atoms with van der Waals surface area (Å²) in [6, 6.07) is 0.209. The summed E-state index contributed by atoms with van der Waals surface area (Å²) < 4.78 is 1.93. The lowest BCUT2D eigenvalue weighted by Gasteiger charge is -2.11. The topological polar surface area (TPSA) is 89.8 Å². The van der Waals surface area contributed by atoms with E-state index in [-0.39, 0.29) is 23.2 Å². The molecule has 2 heterocycles. The van der Waals surface area contributed by atoms with Gasteiger partial charge in [0.2, 0.25) is 5.95 Å². The smallest absolute Gasteiger partial charge is 0.223 e. The van der Waals surface area contributed by atoms with Gasteiger partial charge in [-0.15, -0.1) is 0 Å². The fourth-order valence-electron chi connectivity index (χ4n) is 2.35. The van der Waals surface area contributed by atoms with Crippen LogP contribution in [0.1, 0.15) is 25.3 Å². The number of aromatic nitrogens is 4. The van der Waals surface area contributed by atoms with Gasteiger partial charge in [0.25, 0.3) is 0 Å². The van der Waals surface area contributed by atoms with E-state index in [2.05, 4.69) is 15.0 Å². The number of aliphatic hydroxyl groups excluding tert-OH is 1. The number of hydrogen-bond acceptors (Lipinski definition) is 5. The summed E-state index contributed by atoms with van der Waals surface area (Å²) in [6.07, 6.45) is 3.87. The van der Waals surface area contributed by atoms with Gasteiger partial charge in [0.05, 0.1) is 12.4 Å². The number of nitrogens with zero attached hydrogens (tertiary/aromatic N) is 4. The van der Waals surface area contributed by atoms with E-state index in [1.807, 2.05) is 4.57 Å². The molecule has 0 radical (unpaired) electrons. The molecule has 0 aliphatic heterocycles. The van der Waals surface area contributed by atoms with Gasteiger partial charge in [-0.3, -0.25) is 0 Å². The van der Waals surface area contributed by atoms with Crippen LogP contribution < -0.4 is 5.73 Å². The molecular weight excluding hydrogens is 242 g/mol. The molecule has 0 aromatic carbocycles. The molecule has 6 nitrogen and oxygen atoms in total. The Hall–Kier alpha value is -1.40. The van der Waals surface area contributed by atoms with Crippen molar-refractivity contribution in [2.75, 3.05) is 5.73 Å². The van der Waals surface area contributed by atoms with Crippen molar-refractivity contribution in [2.24, 2.45) is 0 Å². The molecule has 7 heteroatoms. The number of nitrogen functional groups attached to an aromatic ring is 1. The highest BCUT2D eigenvalue weighted by Gasteiger charge is 2.26. The van der Waals surface area contributed by atoms with Crippen LogP contribution in [-0.2, 0) is 0 Å². The van der Waals surface area contributed by atoms with E-state index < -0.39 is 0 Å². The molecule has 3 N–H and O–H groups in total. The third kappa shape index (κ3) is 1.73. The first-order valence-electron chi connectivity index (χ1n) is 5.49. The SMILES string of the molecule is Nc1nc(Cl)c2ncn([C@H]3CCC(O)C3)c2n1.